The summed E-state index contributed by atoms with van der Waals surface area (Å²) in [6.45, 7) is 5.43. The van der Waals surface area contributed by atoms with Crippen LogP contribution >= 0.6 is 0 Å². The standard InChI is InChI=1S/C13H17FN4O2/c14-10-1-2-12(18(19)20)13(7-10)17-8-11(9-17)16-5-3-15-4-6-16/h1-2,7,11,15H,3-6,8-9H2. The van der Waals surface area contributed by atoms with Gasteiger partial charge in [-0.05, 0) is 6.07 Å². The van der Waals surface area contributed by atoms with E-state index in [1.54, 1.807) is 0 Å². The molecule has 0 aliphatic carbocycles. The first-order valence-electron chi connectivity index (χ1n) is 6.79. The summed E-state index contributed by atoms with van der Waals surface area (Å²) >= 11 is 0. The van der Waals surface area contributed by atoms with Crippen molar-refractivity contribution in [1.29, 1.82) is 0 Å². The quantitative estimate of drug-likeness (QED) is 0.656. The minimum atomic E-state index is -0.451. The van der Waals surface area contributed by atoms with Crippen LogP contribution in [0.2, 0.25) is 0 Å². The molecule has 6 nitrogen and oxygen atoms in total. The molecule has 108 valence electrons. The highest BCUT2D eigenvalue weighted by atomic mass is 19.1. The van der Waals surface area contributed by atoms with Gasteiger partial charge in [0.1, 0.15) is 11.5 Å². The molecule has 0 amide bonds. The van der Waals surface area contributed by atoms with Crippen LogP contribution in [0.3, 0.4) is 0 Å². The van der Waals surface area contributed by atoms with E-state index >= 15 is 0 Å². The van der Waals surface area contributed by atoms with Gasteiger partial charge in [-0.2, -0.15) is 0 Å². The number of hydrogen-bond donors (Lipinski definition) is 1. The molecule has 7 heteroatoms. The largest absolute Gasteiger partial charge is 0.363 e. The molecule has 1 N–H and O–H groups in total. The molecule has 2 heterocycles. The van der Waals surface area contributed by atoms with Gasteiger partial charge in [0.25, 0.3) is 5.69 Å². The van der Waals surface area contributed by atoms with Gasteiger partial charge < -0.3 is 10.2 Å². The van der Waals surface area contributed by atoms with Gasteiger partial charge in [0.15, 0.2) is 0 Å². The molecule has 0 unspecified atom stereocenters. The molecule has 1 aromatic carbocycles. The van der Waals surface area contributed by atoms with E-state index in [1.165, 1.54) is 12.1 Å². The van der Waals surface area contributed by atoms with Crippen molar-refractivity contribution in [1.82, 2.24) is 10.2 Å². The molecule has 3 rings (SSSR count). The zero-order valence-electron chi connectivity index (χ0n) is 11.1. The van der Waals surface area contributed by atoms with Crippen LogP contribution in [-0.2, 0) is 0 Å². The van der Waals surface area contributed by atoms with Gasteiger partial charge in [0.2, 0.25) is 0 Å². The third kappa shape index (κ3) is 2.46. The second kappa shape index (κ2) is 5.34. The Labute approximate surface area is 116 Å². The Bertz CT molecular complexity index is 513. The van der Waals surface area contributed by atoms with E-state index in [0.29, 0.717) is 11.7 Å². The van der Waals surface area contributed by atoms with Gasteiger partial charge in [0, 0.05) is 57.4 Å². The molecule has 0 spiro atoms. The highest BCUT2D eigenvalue weighted by Crippen LogP contribution is 2.33. The second-order valence-corrected chi connectivity index (χ2v) is 5.23. The zero-order chi connectivity index (χ0) is 14.1. The number of rotatable bonds is 3. The van der Waals surface area contributed by atoms with Gasteiger partial charge in [-0.1, -0.05) is 0 Å². The molecule has 0 radical (unpaired) electrons. The lowest BCUT2D eigenvalue weighted by molar-refractivity contribution is -0.384. The molecule has 2 fully saturated rings. The Kier molecular flexibility index (Phi) is 3.54. The van der Waals surface area contributed by atoms with Crippen molar-refractivity contribution in [2.75, 3.05) is 44.2 Å². The number of nitrogens with one attached hydrogen (secondary N) is 1. The Hall–Kier alpha value is -1.73. The Morgan fingerprint density at radius 1 is 1.30 bits per heavy atom. The summed E-state index contributed by atoms with van der Waals surface area (Å²) in [5, 5.41) is 14.3. The highest BCUT2D eigenvalue weighted by molar-refractivity contribution is 5.65. The van der Waals surface area contributed by atoms with Crippen LogP contribution in [0.4, 0.5) is 15.8 Å². The summed E-state index contributed by atoms with van der Waals surface area (Å²) in [6, 6.07) is 4.05. The van der Waals surface area contributed by atoms with Crippen LogP contribution in [-0.4, -0.2) is 55.1 Å². The summed E-state index contributed by atoms with van der Waals surface area (Å²) in [6.07, 6.45) is 0. The Morgan fingerprint density at radius 2 is 2.00 bits per heavy atom. The molecule has 2 aliphatic rings. The maximum atomic E-state index is 13.3. The van der Waals surface area contributed by atoms with Gasteiger partial charge >= 0.3 is 0 Å². The van der Waals surface area contributed by atoms with Crippen molar-refractivity contribution in [3.8, 4) is 0 Å². The fourth-order valence-electron chi connectivity index (χ4n) is 2.83. The summed E-state index contributed by atoms with van der Waals surface area (Å²) in [7, 11) is 0. The lowest BCUT2D eigenvalue weighted by Gasteiger charge is -2.47. The predicted octanol–water partition coefficient (Wildman–Crippen LogP) is 0.828. The normalized spacial score (nSPS) is 20.8. The number of nitro benzene ring substituents is 1. The topological polar surface area (TPSA) is 61.7 Å². The average molecular weight is 280 g/mol. The van der Waals surface area contributed by atoms with Crippen molar-refractivity contribution in [2.24, 2.45) is 0 Å². The first kappa shape index (κ1) is 13.3. The van der Waals surface area contributed by atoms with Crippen molar-refractivity contribution < 1.29 is 9.31 Å². The number of nitro groups is 1. The molecule has 2 saturated heterocycles. The van der Waals surface area contributed by atoms with Crippen LogP contribution in [0.25, 0.3) is 0 Å². The Morgan fingerprint density at radius 3 is 2.65 bits per heavy atom. The predicted molar refractivity (Wildman–Crippen MR) is 73.5 cm³/mol. The third-order valence-electron chi connectivity index (χ3n) is 4.01. The van der Waals surface area contributed by atoms with Gasteiger partial charge in [-0.3, -0.25) is 15.0 Å². The van der Waals surface area contributed by atoms with E-state index in [0.717, 1.165) is 45.3 Å². The molecule has 1 aromatic rings. The van der Waals surface area contributed by atoms with E-state index in [1.807, 2.05) is 4.90 Å². The summed E-state index contributed by atoms with van der Waals surface area (Å²) in [4.78, 5) is 14.8. The van der Waals surface area contributed by atoms with Crippen molar-refractivity contribution in [3.63, 3.8) is 0 Å². The van der Waals surface area contributed by atoms with Crippen molar-refractivity contribution in [3.05, 3.63) is 34.1 Å². The average Bonchev–Trinajstić information content (AvgIpc) is 2.38. The maximum Gasteiger partial charge on any atom is 0.292 e. The zero-order valence-corrected chi connectivity index (χ0v) is 11.1. The molecule has 0 atom stereocenters. The fraction of sp³-hybridized carbons (Fsp3) is 0.538. The van der Waals surface area contributed by atoms with Gasteiger partial charge in [-0.25, -0.2) is 4.39 Å². The van der Waals surface area contributed by atoms with Crippen LogP contribution in [0, 0.1) is 15.9 Å². The lowest BCUT2D eigenvalue weighted by atomic mass is 10.0. The molecule has 2 aliphatic heterocycles. The molecular formula is C13H17FN4O2. The van der Waals surface area contributed by atoms with Crippen molar-refractivity contribution >= 4 is 11.4 Å². The summed E-state index contributed by atoms with van der Waals surface area (Å²) in [5.41, 5.74) is 0.367. The lowest BCUT2D eigenvalue weighted by Crippen LogP contribution is -2.63. The monoisotopic (exact) mass is 280 g/mol. The van der Waals surface area contributed by atoms with Crippen LogP contribution in [0.5, 0.6) is 0 Å². The first-order valence-corrected chi connectivity index (χ1v) is 6.79. The van der Waals surface area contributed by atoms with E-state index in [-0.39, 0.29) is 5.69 Å². The molecular weight excluding hydrogens is 263 g/mol. The Balaban J connectivity index is 1.70. The van der Waals surface area contributed by atoms with E-state index in [4.69, 9.17) is 0 Å². The fourth-order valence-corrected chi connectivity index (χ4v) is 2.83. The van der Waals surface area contributed by atoms with Crippen LogP contribution in [0.1, 0.15) is 0 Å². The van der Waals surface area contributed by atoms with Crippen molar-refractivity contribution in [2.45, 2.75) is 6.04 Å². The maximum absolute atomic E-state index is 13.3. The number of halogens is 1. The molecule has 0 aromatic heterocycles. The SMILES string of the molecule is O=[N+]([O-])c1ccc(F)cc1N1CC(N2CCNCC2)C1. The number of hydrogen-bond acceptors (Lipinski definition) is 5. The molecule has 20 heavy (non-hydrogen) atoms. The van der Waals surface area contributed by atoms with Gasteiger partial charge in [0.05, 0.1) is 4.92 Å². The number of piperazine rings is 1. The van der Waals surface area contributed by atoms with E-state index < -0.39 is 10.7 Å². The third-order valence-corrected chi connectivity index (χ3v) is 4.01. The summed E-state index contributed by atoms with van der Waals surface area (Å²) < 4.78 is 13.3. The minimum absolute atomic E-state index is 0.0230. The smallest absolute Gasteiger partial charge is 0.292 e. The van der Waals surface area contributed by atoms with E-state index in [9.17, 15) is 14.5 Å². The minimum Gasteiger partial charge on any atom is -0.363 e. The second-order valence-electron chi connectivity index (χ2n) is 5.23. The summed E-state index contributed by atoms with van der Waals surface area (Å²) in [5.74, 6) is -0.434. The number of nitrogens with zero attached hydrogens (tertiary/aromatic N) is 3. The van der Waals surface area contributed by atoms with E-state index in [2.05, 4.69) is 10.2 Å². The molecule has 0 bridgehead atoms. The first-order chi connectivity index (χ1) is 9.65. The van der Waals surface area contributed by atoms with Crippen LogP contribution < -0.4 is 10.2 Å². The molecule has 0 saturated carbocycles. The number of benzene rings is 1. The van der Waals surface area contributed by atoms with Gasteiger partial charge in [-0.15, -0.1) is 0 Å². The number of anilines is 1. The van der Waals surface area contributed by atoms with Crippen LogP contribution in [0.15, 0.2) is 18.2 Å². The highest BCUT2D eigenvalue weighted by Gasteiger charge is 2.35.